The number of thiazole rings is 1. The van der Waals surface area contributed by atoms with E-state index in [2.05, 4.69) is 27.4 Å². The molecule has 7 unspecified atom stereocenters. The molecule has 0 aliphatic heterocycles. The number of aryl methyl sites for hydroxylation is 1. The van der Waals surface area contributed by atoms with Gasteiger partial charge in [0, 0.05) is 4.88 Å². The number of allylic oxidation sites excluding steroid dienone is 1. The van der Waals surface area contributed by atoms with E-state index >= 15 is 0 Å². The molecule has 1 aromatic rings. The van der Waals surface area contributed by atoms with E-state index in [0.717, 1.165) is 12.8 Å². The van der Waals surface area contributed by atoms with Gasteiger partial charge in [0.1, 0.15) is 0 Å². The second-order valence-electron chi connectivity index (χ2n) is 9.88. The molecule has 0 radical (unpaired) electrons. The SMILES string of the molecule is C=C1CCC2C3C(O)CC4Cc5nc(C)sc5CC4(C)C3CCC12C. The highest BCUT2D eigenvalue weighted by atomic mass is 32.1. The summed E-state index contributed by atoms with van der Waals surface area (Å²) in [5, 5.41) is 12.4. The number of aromatic nitrogens is 1. The molecule has 3 fully saturated rings. The third kappa shape index (κ3) is 2.09. The highest BCUT2D eigenvalue weighted by Crippen LogP contribution is 2.66. The molecular weight excluding hydrogens is 326 g/mol. The zero-order valence-corrected chi connectivity index (χ0v) is 16.7. The van der Waals surface area contributed by atoms with Gasteiger partial charge in [-0.15, -0.1) is 11.3 Å². The molecule has 1 heterocycles. The summed E-state index contributed by atoms with van der Waals surface area (Å²) in [7, 11) is 0. The van der Waals surface area contributed by atoms with E-state index in [4.69, 9.17) is 4.98 Å². The van der Waals surface area contributed by atoms with Gasteiger partial charge in [-0.3, -0.25) is 0 Å². The van der Waals surface area contributed by atoms with Gasteiger partial charge in [0.15, 0.2) is 0 Å². The summed E-state index contributed by atoms with van der Waals surface area (Å²) in [4.78, 5) is 6.34. The first-order chi connectivity index (χ1) is 11.8. The number of aliphatic hydroxyl groups is 1. The predicted molar refractivity (Wildman–Crippen MR) is 103 cm³/mol. The molecule has 4 aliphatic rings. The average Bonchev–Trinajstić information content (AvgIpc) is 3.05. The molecule has 3 heteroatoms. The molecule has 2 nitrogen and oxygen atoms in total. The fraction of sp³-hybridized carbons (Fsp3) is 0.773. The van der Waals surface area contributed by atoms with E-state index in [9.17, 15) is 5.11 Å². The number of rotatable bonds is 0. The van der Waals surface area contributed by atoms with Crippen molar-refractivity contribution in [2.45, 2.75) is 71.8 Å². The second-order valence-corrected chi connectivity index (χ2v) is 11.2. The van der Waals surface area contributed by atoms with Crippen LogP contribution in [0.5, 0.6) is 0 Å². The van der Waals surface area contributed by atoms with E-state index in [1.165, 1.54) is 53.3 Å². The van der Waals surface area contributed by atoms with Crippen molar-refractivity contribution >= 4 is 11.3 Å². The highest BCUT2D eigenvalue weighted by molar-refractivity contribution is 7.11. The van der Waals surface area contributed by atoms with E-state index in [1.54, 1.807) is 0 Å². The molecule has 1 N–H and O–H groups in total. The molecule has 0 spiro atoms. The van der Waals surface area contributed by atoms with Crippen LogP contribution < -0.4 is 0 Å². The lowest BCUT2D eigenvalue weighted by Crippen LogP contribution is -2.58. The maximum absolute atomic E-state index is 11.2. The van der Waals surface area contributed by atoms with Crippen molar-refractivity contribution in [3.8, 4) is 0 Å². The Morgan fingerprint density at radius 1 is 1.24 bits per heavy atom. The summed E-state index contributed by atoms with van der Waals surface area (Å²) in [6.07, 6.45) is 8.11. The first-order valence-corrected chi connectivity index (χ1v) is 11.0. The van der Waals surface area contributed by atoms with E-state index in [-0.39, 0.29) is 11.5 Å². The van der Waals surface area contributed by atoms with Crippen molar-refractivity contribution in [1.82, 2.24) is 4.98 Å². The van der Waals surface area contributed by atoms with Crippen LogP contribution in [0.2, 0.25) is 0 Å². The number of hydrogen-bond donors (Lipinski definition) is 1. The first-order valence-electron chi connectivity index (χ1n) is 10.1. The van der Waals surface area contributed by atoms with Crippen LogP contribution in [0.3, 0.4) is 0 Å². The van der Waals surface area contributed by atoms with Crippen molar-refractivity contribution < 1.29 is 5.11 Å². The van der Waals surface area contributed by atoms with Crippen molar-refractivity contribution in [3.63, 3.8) is 0 Å². The normalized spacial score (nSPS) is 48.5. The monoisotopic (exact) mass is 357 g/mol. The third-order valence-corrected chi connectivity index (χ3v) is 9.92. The molecule has 0 bridgehead atoms. The van der Waals surface area contributed by atoms with Crippen LogP contribution >= 0.6 is 11.3 Å². The topological polar surface area (TPSA) is 33.1 Å². The van der Waals surface area contributed by atoms with Gasteiger partial charge in [-0.2, -0.15) is 0 Å². The Bertz CT molecular complexity index is 738. The lowest BCUT2D eigenvalue weighted by Gasteiger charge is -2.61. The average molecular weight is 358 g/mol. The quantitative estimate of drug-likeness (QED) is 0.667. The Balaban J connectivity index is 1.54. The molecule has 1 aromatic heterocycles. The Kier molecular flexibility index (Phi) is 3.43. The Morgan fingerprint density at radius 2 is 2.04 bits per heavy atom. The Labute approximate surface area is 155 Å². The number of aliphatic hydroxyl groups excluding tert-OH is 1. The number of hydrogen-bond acceptors (Lipinski definition) is 3. The molecule has 0 amide bonds. The fourth-order valence-corrected chi connectivity index (χ4v) is 8.55. The minimum atomic E-state index is -0.125. The maximum atomic E-state index is 11.2. The summed E-state index contributed by atoms with van der Waals surface area (Å²) in [6.45, 7) is 11.5. The second kappa shape index (κ2) is 5.19. The third-order valence-electron chi connectivity index (χ3n) is 8.90. The molecule has 3 saturated carbocycles. The van der Waals surface area contributed by atoms with Gasteiger partial charge in [0.25, 0.3) is 0 Å². The number of fused-ring (bicyclic) bond motifs is 6. The lowest BCUT2D eigenvalue weighted by molar-refractivity contribution is -0.144. The van der Waals surface area contributed by atoms with Crippen LogP contribution in [0, 0.1) is 41.4 Å². The van der Waals surface area contributed by atoms with Gasteiger partial charge in [-0.1, -0.05) is 26.0 Å². The van der Waals surface area contributed by atoms with Gasteiger partial charge < -0.3 is 5.11 Å². The Morgan fingerprint density at radius 3 is 2.84 bits per heavy atom. The van der Waals surface area contributed by atoms with Crippen molar-refractivity contribution in [2.24, 2.45) is 34.5 Å². The summed E-state index contributed by atoms with van der Waals surface area (Å²) in [6, 6.07) is 0. The highest BCUT2D eigenvalue weighted by Gasteiger charge is 2.61. The summed E-state index contributed by atoms with van der Waals surface area (Å²) in [5.74, 6) is 2.40. The van der Waals surface area contributed by atoms with Crippen molar-refractivity contribution in [2.75, 3.05) is 0 Å². The maximum Gasteiger partial charge on any atom is 0.0900 e. The standard InChI is InChI=1S/C22H31NOS/c1-12-5-6-15-20-16(7-8-21(12,15)3)22(4)11-19-17(23-13(2)25-19)9-14(22)10-18(20)24/h14-16,18,20,24H,1,5-11H2,2-4H3. The summed E-state index contributed by atoms with van der Waals surface area (Å²) < 4.78 is 0. The Hall–Kier alpha value is -0.670. The van der Waals surface area contributed by atoms with Crippen LogP contribution in [0.25, 0.3) is 0 Å². The van der Waals surface area contributed by atoms with E-state index < -0.39 is 0 Å². The largest absolute Gasteiger partial charge is 0.393 e. The zero-order chi connectivity index (χ0) is 17.6. The first kappa shape index (κ1) is 16.5. The van der Waals surface area contributed by atoms with E-state index in [1.807, 2.05) is 11.3 Å². The molecule has 0 saturated heterocycles. The summed E-state index contributed by atoms with van der Waals surface area (Å²) >= 11 is 1.92. The smallest absolute Gasteiger partial charge is 0.0900 e. The summed E-state index contributed by atoms with van der Waals surface area (Å²) in [5.41, 5.74) is 3.43. The van der Waals surface area contributed by atoms with Gasteiger partial charge in [-0.05, 0) is 86.4 Å². The molecule has 0 aromatic carbocycles. The van der Waals surface area contributed by atoms with Crippen LogP contribution in [0.1, 0.15) is 61.5 Å². The molecule has 25 heavy (non-hydrogen) atoms. The minimum absolute atomic E-state index is 0.125. The zero-order valence-electron chi connectivity index (χ0n) is 15.8. The molecule has 7 atom stereocenters. The van der Waals surface area contributed by atoms with Gasteiger partial charge in [-0.25, -0.2) is 4.98 Å². The molecular formula is C22H31NOS. The van der Waals surface area contributed by atoms with Crippen molar-refractivity contribution in [3.05, 3.63) is 27.7 Å². The molecule has 4 aliphatic carbocycles. The molecule has 136 valence electrons. The number of nitrogens with zero attached hydrogens (tertiary/aromatic N) is 1. The van der Waals surface area contributed by atoms with Gasteiger partial charge in [0.05, 0.1) is 16.8 Å². The minimum Gasteiger partial charge on any atom is -0.393 e. The van der Waals surface area contributed by atoms with Crippen LogP contribution in [0.15, 0.2) is 12.2 Å². The fourth-order valence-electron chi connectivity index (χ4n) is 7.41. The van der Waals surface area contributed by atoms with Crippen LogP contribution in [-0.4, -0.2) is 16.2 Å². The molecule has 5 rings (SSSR count). The van der Waals surface area contributed by atoms with Gasteiger partial charge >= 0.3 is 0 Å². The van der Waals surface area contributed by atoms with E-state index in [0.29, 0.717) is 29.1 Å². The lowest BCUT2D eigenvalue weighted by atomic mass is 9.45. The van der Waals surface area contributed by atoms with Gasteiger partial charge in [0.2, 0.25) is 0 Å². The van der Waals surface area contributed by atoms with Crippen LogP contribution in [0.4, 0.5) is 0 Å². The van der Waals surface area contributed by atoms with Crippen molar-refractivity contribution in [1.29, 1.82) is 0 Å². The predicted octanol–water partition coefficient (Wildman–Crippen LogP) is 4.94. The van der Waals surface area contributed by atoms with Crippen LogP contribution in [-0.2, 0) is 12.8 Å².